The average molecular weight is 300 g/mol. The topological polar surface area (TPSA) is 84.1 Å². The third-order valence-electron chi connectivity index (χ3n) is 3.30. The van der Waals surface area contributed by atoms with E-state index in [1.807, 2.05) is 18.3 Å². The molecule has 4 N–H and O–H groups in total. The minimum atomic E-state index is -0.124. The number of nitrogens with two attached hydrogens (primary N) is 1. The van der Waals surface area contributed by atoms with Crippen molar-refractivity contribution in [3.63, 3.8) is 0 Å². The Bertz CT molecular complexity index is 618. The number of aromatic nitrogens is 2. The van der Waals surface area contributed by atoms with Crippen LogP contribution in [0.25, 0.3) is 11.3 Å². The molecule has 118 valence electrons. The molecular weight excluding hydrogens is 276 g/mol. The second-order valence-corrected chi connectivity index (χ2v) is 6.32. The Hall–Kier alpha value is -2.14. The van der Waals surface area contributed by atoms with Crippen LogP contribution < -0.4 is 11.1 Å². The van der Waals surface area contributed by atoms with Gasteiger partial charge in [-0.15, -0.1) is 0 Å². The normalized spacial score (nSPS) is 11.5. The molecular formula is C17H24N4O. The lowest BCUT2D eigenvalue weighted by Crippen LogP contribution is -2.17. The number of aromatic hydroxyl groups is 1. The van der Waals surface area contributed by atoms with Gasteiger partial charge in [0.25, 0.3) is 0 Å². The summed E-state index contributed by atoms with van der Waals surface area (Å²) in [6.45, 7) is 7.68. The molecule has 2 rings (SSSR count). The first-order valence-electron chi connectivity index (χ1n) is 7.52. The van der Waals surface area contributed by atoms with Gasteiger partial charge in [0.05, 0.1) is 17.6 Å². The zero-order chi connectivity index (χ0) is 16.2. The second-order valence-electron chi connectivity index (χ2n) is 6.32. The Morgan fingerprint density at radius 3 is 2.45 bits per heavy atom. The molecule has 0 fully saturated rings. The molecule has 2 aromatic rings. The van der Waals surface area contributed by atoms with E-state index in [1.54, 1.807) is 12.1 Å². The summed E-state index contributed by atoms with van der Waals surface area (Å²) in [5, 5.41) is 12.8. The van der Waals surface area contributed by atoms with E-state index in [0.717, 1.165) is 35.7 Å². The van der Waals surface area contributed by atoms with Crippen LogP contribution in [0.15, 0.2) is 30.5 Å². The Balaban J connectivity index is 2.42. The van der Waals surface area contributed by atoms with Gasteiger partial charge < -0.3 is 16.2 Å². The summed E-state index contributed by atoms with van der Waals surface area (Å²) in [5.74, 6) is 1.03. The molecule has 1 aromatic heterocycles. The van der Waals surface area contributed by atoms with E-state index in [0.29, 0.717) is 6.54 Å². The van der Waals surface area contributed by atoms with Crippen LogP contribution in [0.1, 0.15) is 33.0 Å². The van der Waals surface area contributed by atoms with Crippen molar-refractivity contribution < 1.29 is 5.11 Å². The van der Waals surface area contributed by atoms with E-state index in [-0.39, 0.29) is 11.2 Å². The molecule has 0 amide bonds. The Morgan fingerprint density at radius 2 is 1.86 bits per heavy atom. The lowest BCUT2D eigenvalue weighted by molar-refractivity contribution is 0.475. The van der Waals surface area contributed by atoms with Crippen LogP contribution in [-0.2, 0) is 5.41 Å². The standard InChI is InChI=1S/C17H24N4O/c1-17(2,3)16-20-11-14(19-10-4-9-18)15(21-16)12-5-7-13(22)8-6-12/h5-8,11,19,22H,4,9-10,18H2,1-3H3. The molecule has 0 spiro atoms. The lowest BCUT2D eigenvalue weighted by Gasteiger charge is -2.19. The van der Waals surface area contributed by atoms with Crippen molar-refractivity contribution in [3.05, 3.63) is 36.3 Å². The molecule has 0 saturated heterocycles. The highest BCUT2D eigenvalue weighted by Gasteiger charge is 2.19. The van der Waals surface area contributed by atoms with Crippen molar-refractivity contribution in [1.82, 2.24) is 9.97 Å². The first-order valence-corrected chi connectivity index (χ1v) is 7.52. The van der Waals surface area contributed by atoms with E-state index >= 15 is 0 Å². The van der Waals surface area contributed by atoms with Crippen LogP contribution in [0, 0.1) is 0 Å². The second kappa shape index (κ2) is 6.75. The zero-order valence-corrected chi connectivity index (χ0v) is 13.4. The van der Waals surface area contributed by atoms with Crippen LogP contribution >= 0.6 is 0 Å². The molecule has 0 aliphatic rings. The van der Waals surface area contributed by atoms with E-state index in [1.165, 1.54) is 0 Å². The summed E-state index contributed by atoms with van der Waals surface area (Å²) < 4.78 is 0. The van der Waals surface area contributed by atoms with Gasteiger partial charge in [-0.05, 0) is 37.2 Å². The number of nitrogens with zero attached hydrogens (tertiary/aromatic N) is 2. The molecule has 22 heavy (non-hydrogen) atoms. The minimum absolute atomic E-state index is 0.124. The predicted molar refractivity (Wildman–Crippen MR) is 90.0 cm³/mol. The van der Waals surface area contributed by atoms with Gasteiger partial charge in [-0.3, -0.25) is 0 Å². The molecule has 1 heterocycles. The van der Waals surface area contributed by atoms with Crippen LogP contribution in [0.5, 0.6) is 5.75 Å². The van der Waals surface area contributed by atoms with Crippen LogP contribution in [0.4, 0.5) is 5.69 Å². The molecule has 0 aliphatic heterocycles. The summed E-state index contributed by atoms with van der Waals surface area (Å²) in [5.41, 5.74) is 8.09. The molecule has 0 atom stereocenters. The Kier molecular flexibility index (Phi) is 4.98. The quantitative estimate of drug-likeness (QED) is 0.739. The van der Waals surface area contributed by atoms with Crippen LogP contribution in [-0.4, -0.2) is 28.2 Å². The third-order valence-corrected chi connectivity index (χ3v) is 3.30. The largest absolute Gasteiger partial charge is 0.508 e. The Morgan fingerprint density at radius 1 is 1.18 bits per heavy atom. The fourth-order valence-electron chi connectivity index (χ4n) is 2.04. The summed E-state index contributed by atoms with van der Waals surface area (Å²) in [4.78, 5) is 9.21. The first kappa shape index (κ1) is 16.2. The fraction of sp³-hybridized carbons (Fsp3) is 0.412. The molecule has 5 heteroatoms. The monoisotopic (exact) mass is 300 g/mol. The van der Waals surface area contributed by atoms with Gasteiger partial charge in [-0.25, -0.2) is 9.97 Å². The number of phenolic OH excluding ortho intramolecular Hbond substituents is 1. The molecule has 0 aliphatic carbocycles. The van der Waals surface area contributed by atoms with E-state index < -0.39 is 0 Å². The number of benzene rings is 1. The van der Waals surface area contributed by atoms with Crippen LogP contribution in [0.3, 0.4) is 0 Å². The molecule has 5 nitrogen and oxygen atoms in total. The molecule has 0 radical (unpaired) electrons. The summed E-state index contributed by atoms with van der Waals surface area (Å²) in [6, 6.07) is 7.05. The fourth-order valence-corrected chi connectivity index (χ4v) is 2.04. The molecule has 0 bridgehead atoms. The maximum Gasteiger partial charge on any atom is 0.134 e. The molecule has 0 unspecified atom stereocenters. The summed E-state index contributed by atoms with van der Waals surface area (Å²) >= 11 is 0. The van der Waals surface area contributed by atoms with E-state index in [9.17, 15) is 5.11 Å². The van der Waals surface area contributed by atoms with Gasteiger partial charge in [0, 0.05) is 17.5 Å². The number of hydrogen-bond acceptors (Lipinski definition) is 5. The van der Waals surface area contributed by atoms with Gasteiger partial charge in [0.2, 0.25) is 0 Å². The van der Waals surface area contributed by atoms with E-state index in [4.69, 9.17) is 10.7 Å². The average Bonchev–Trinajstić information content (AvgIpc) is 2.47. The number of anilines is 1. The molecule has 1 aromatic carbocycles. The predicted octanol–water partition coefficient (Wildman–Crippen LogP) is 2.91. The van der Waals surface area contributed by atoms with Crippen molar-refractivity contribution in [1.29, 1.82) is 0 Å². The van der Waals surface area contributed by atoms with Crippen LogP contribution in [0.2, 0.25) is 0 Å². The van der Waals surface area contributed by atoms with Crippen molar-refractivity contribution in [2.24, 2.45) is 5.73 Å². The molecule has 0 saturated carbocycles. The smallest absolute Gasteiger partial charge is 0.134 e. The van der Waals surface area contributed by atoms with Crippen molar-refractivity contribution >= 4 is 5.69 Å². The highest BCUT2D eigenvalue weighted by Crippen LogP contribution is 2.29. The maximum atomic E-state index is 9.47. The number of hydrogen-bond donors (Lipinski definition) is 3. The van der Waals surface area contributed by atoms with Crippen molar-refractivity contribution in [2.45, 2.75) is 32.6 Å². The zero-order valence-electron chi connectivity index (χ0n) is 13.4. The van der Waals surface area contributed by atoms with Crippen molar-refractivity contribution in [3.8, 4) is 17.0 Å². The number of nitrogens with one attached hydrogen (secondary N) is 1. The summed E-state index contributed by atoms with van der Waals surface area (Å²) in [7, 11) is 0. The third kappa shape index (κ3) is 3.95. The van der Waals surface area contributed by atoms with Gasteiger partial charge in [0.15, 0.2) is 0 Å². The Labute approximate surface area is 131 Å². The van der Waals surface area contributed by atoms with Gasteiger partial charge in [-0.1, -0.05) is 20.8 Å². The summed E-state index contributed by atoms with van der Waals surface area (Å²) in [6.07, 6.45) is 2.71. The van der Waals surface area contributed by atoms with Gasteiger partial charge >= 0.3 is 0 Å². The van der Waals surface area contributed by atoms with Crippen molar-refractivity contribution in [2.75, 3.05) is 18.4 Å². The number of phenols is 1. The van der Waals surface area contributed by atoms with Gasteiger partial charge in [-0.2, -0.15) is 0 Å². The maximum absolute atomic E-state index is 9.47. The van der Waals surface area contributed by atoms with E-state index in [2.05, 4.69) is 31.1 Å². The highest BCUT2D eigenvalue weighted by molar-refractivity contribution is 5.74. The minimum Gasteiger partial charge on any atom is -0.508 e. The highest BCUT2D eigenvalue weighted by atomic mass is 16.3. The lowest BCUT2D eigenvalue weighted by atomic mass is 9.95. The SMILES string of the molecule is CC(C)(C)c1ncc(NCCCN)c(-c2ccc(O)cc2)n1. The first-order chi connectivity index (χ1) is 10.4. The number of rotatable bonds is 5. The van der Waals surface area contributed by atoms with Gasteiger partial charge in [0.1, 0.15) is 11.6 Å².